The van der Waals surface area contributed by atoms with Gasteiger partial charge >= 0.3 is 0 Å². The largest absolute Gasteiger partial charge is 0.550 e. The zero-order valence-electron chi connectivity index (χ0n) is 11.1. The van der Waals surface area contributed by atoms with Crippen LogP contribution >= 0.6 is 23.2 Å². The number of halogens is 2. The number of carbonyl (C=O) groups is 2. The second-order valence-electron chi connectivity index (χ2n) is 4.85. The van der Waals surface area contributed by atoms with Crippen LogP contribution in [0, 0.1) is 5.92 Å². The van der Waals surface area contributed by atoms with Crippen LogP contribution in [0.25, 0.3) is 0 Å². The highest BCUT2D eigenvalue weighted by molar-refractivity contribution is 6.42. The molecule has 2 unspecified atom stereocenters. The maximum absolute atomic E-state index is 12.3. The van der Waals surface area contributed by atoms with Crippen LogP contribution in [0.5, 0.6) is 0 Å². The Kier molecular flexibility index (Phi) is 5.45. The lowest BCUT2D eigenvalue weighted by Crippen LogP contribution is -2.38. The molecule has 1 aliphatic heterocycles. The summed E-state index contributed by atoms with van der Waals surface area (Å²) in [5.41, 5.74) is 0.454. The standard InChI is InChI=1S/C14H15Cl2NO4/c15-10-4-3-8(6-11(10)16)17-14(20)9(7-13(18)19)12-2-1-5-21-12/h3-4,6,9,12H,1-2,5,7H2,(H,17,20)(H,18,19)/p-1. The van der Waals surface area contributed by atoms with Crippen LogP contribution in [0.4, 0.5) is 5.69 Å². The Hall–Kier alpha value is -1.30. The number of anilines is 1. The summed E-state index contributed by atoms with van der Waals surface area (Å²) in [5.74, 6) is -2.49. The smallest absolute Gasteiger partial charge is 0.230 e. The van der Waals surface area contributed by atoms with Gasteiger partial charge in [-0.3, -0.25) is 4.79 Å². The van der Waals surface area contributed by atoms with Gasteiger partial charge in [-0.2, -0.15) is 0 Å². The first kappa shape index (κ1) is 16.1. The van der Waals surface area contributed by atoms with Gasteiger partial charge in [-0.1, -0.05) is 23.2 Å². The van der Waals surface area contributed by atoms with E-state index in [-0.39, 0.29) is 6.42 Å². The first-order chi connectivity index (χ1) is 9.97. The average Bonchev–Trinajstić information content (AvgIpc) is 2.93. The van der Waals surface area contributed by atoms with E-state index in [4.69, 9.17) is 27.9 Å². The Morgan fingerprint density at radius 2 is 2.14 bits per heavy atom. The summed E-state index contributed by atoms with van der Waals surface area (Å²) in [6, 6.07) is 4.66. The highest BCUT2D eigenvalue weighted by Crippen LogP contribution is 2.27. The van der Waals surface area contributed by atoms with Crippen LogP contribution in [-0.2, 0) is 14.3 Å². The fourth-order valence-electron chi connectivity index (χ4n) is 2.30. The van der Waals surface area contributed by atoms with Crippen molar-refractivity contribution in [2.75, 3.05) is 11.9 Å². The molecule has 0 aromatic heterocycles. The number of rotatable bonds is 5. The molecule has 0 radical (unpaired) electrons. The molecular weight excluding hydrogens is 317 g/mol. The predicted molar refractivity (Wildman–Crippen MR) is 77.2 cm³/mol. The van der Waals surface area contributed by atoms with Crippen LogP contribution in [0.15, 0.2) is 18.2 Å². The number of aliphatic carboxylic acids is 1. The van der Waals surface area contributed by atoms with Crippen molar-refractivity contribution >= 4 is 40.8 Å². The van der Waals surface area contributed by atoms with Gasteiger partial charge in [0.15, 0.2) is 0 Å². The number of hydrogen-bond acceptors (Lipinski definition) is 4. The second kappa shape index (κ2) is 7.11. The molecule has 1 aliphatic rings. The molecule has 5 nitrogen and oxygen atoms in total. The molecule has 0 saturated carbocycles. The number of carbonyl (C=O) groups excluding carboxylic acids is 2. The van der Waals surface area contributed by atoms with Gasteiger partial charge < -0.3 is 20.0 Å². The van der Waals surface area contributed by atoms with Crippen molar-refractivity contribution in [3.05, 3.63) is 28.2 Å². The molecule has 1 amide bonds. The van der Waals surface area contributed by atoms with E-state index in [1.165, 1.54) is 6.07 Å². The molecule has 2 atom stereocenters. The maximum atomic E-state index is 12.3. The van der Waals surface area contributed by atoms with Crippen molar-refractivity contribution in [3.8, 4) is 0 Å². The van der Waals surface area contributed by atoms with Gasteiger partial charge in [0, 0.05) is 24.7 Å². The zero-order chi connectivity index (χ0) is 15.4. The van der Waals surface area contributed by atoms with Crippen molar-refractivity contribution in [2.24, 2.45) is 5.92 Å². The van der Waals surface area contributed by atoms with E-state index in [1.54, 1.807) is 12.1 Å². The quantitative estimate of drug-likeness (QED) is 0.893. The van der Waals surface area contributed by atoms with Crippen LogP contribution in [0.2, 0.25) is 10.0 Å². The fourth-order valence-corrected chi connectivity index (χ4v) is 2.60. The Bertz CT molecular complexity index is 544. The van der Waals surface area contributed by atoms with Gasteiger partial charge in [0.2, 0.25) is 5.91 Å². The Balaban J connectivity index is 2.09. The topological polar surface area (TPSA) is 78.5 Å². The van der Waals surface area contributed by atoms with Crippen molar-refractivity contribution in [2.45, 2.75) is 25.4 Å². The summed E-state index contributed by atoms with van der Waals surface area (Å²) in [6.45, 7) is 0.536. The predicted octanol–water partition coefficient (Wildman–Crippen LogP) is 1.87. The number of carboxylic acids is 1. The van der Waals surface area contributed by atoms with E-state index >= 15 is 0 Å². The molecule has 1 heterocycles. The normalized spacial score (nSPS) is 19.2. The fraction of sp³-hybridized carbons (Fsp3) is 0.429. The number of hydrogen-bond donors (Lipinski definition) is 1. The van der Waals surface area contributed by atoms with E-state index in [2.05, 4.69) is 5.32 Å². The molecule has 114 valence electrons. The summed E-state index contributed by atoms with van der Waals surface area (Å²) in [6.07, 6.45) is 0.699. The van der Waals surface area contributed by atoms with Gasteiger partial charge in [0.1, 0.15) is 0 Å². The van der Waals surface area contributed by atoms with Crippen molar-refractivity contribution in [3.63, 3.8) is 0 Å². The van der Waals surface area contributed by atoms with E-state index in [0.717, 1.165) is 6.42 Å². The van der Waals surface area contributed by atoms with Crippen LogP contribution in [0.3, 0.4) is 0 Å². The molecule has 1 fully saturated rings. The first-order valence-corrected chi connectivity index (χ1v) is 7.30. The molecule has 0 spiro atoms. The van der Waals surface area contributed by atoms with Crippen molar-refractivity contribution in [1.82, 2.24) is 0 Å². The summed E-state index contributed by atoms with van der Waals surface area (Å²) in [4.78, 5) is 23.1. The molecule has 2 rings (SSSR count). The molecule has 0 aliphatic carbocycles. The van der Waals surface area contributed by atoms with E-state index in [9.17, 15) is 14.7 Å². The monoisotopic (exact) mass is 330 g/mol. The Morgan fingerprint density at radius 3 is 2.71 bits per heavy atom. The maximum Gasteiger partial charge on any atom is 0.230 e. The van der Waals surface area contributed by atoms with E-state index < -0.39 is 23.9 Å². The molecular formula is C14H14Cl2NO4-. The lowest BCUT2D eigenvalue weighted by Gasteiger charge is -2.22. The second-order valence-corrected chi connectivity index (χ2v) is 5.67. The summed E-state index contributed by atoms with van der Waals surface area (Å²) < 4.78 is 5.42. The summed E-state index contributed by atoms with van der Waals surface area (Å²) >= 11 is 11.7. The van der Waals surface area contributed by atoms with Gasteiger partial charge in [0.05, 0.1) is 22.1 Å². The lowest BCUT2D eigenvalue weighted by atomic mass is 9.95. The molecule has 7 heteroatoms. The van der Waals surface area contributed by atoms with Crippen LogP contribution < -0.4 is 10.4 Å². The zero-order valence-corrected chi connectivity index (χ0v) is 12.6. The minimum Gasteiger partial charge on any atom is -0.550 e. The molecule has 1 aromatic rings. The third kappa shape index (κ3) is 4.33. The van der Waals surface area contributed by atoms with E-state index in [0.29, 0.717) is 28.8 Å². The molecule has 21 heavy (non-hydrogen) atoms. The van der Waals surface area contributed by atoms with Gasteiger partial charge in [-0.05, 0) is 31.0 Å². The number of amides is 1. The third-order valence-electron chi connectivity index (χ3n) is 3.32. The van der Waals surface area contributed by atoms with Gasteiger partial charge in [0.25, 0.3) is 0 Å². The average molecular weight is 331 g/mol. The molecule has 1 aromatic carbocycles. The van der Waals surface area contributed by atoms with Gasteiger partial charge in [-0.25, -0.2) is 0 Å². The SMILES string of the molecule is O=C([O-])CC(C(=O)Nc1ccc(Cl)c(Cl)c1)C1CCCO1. The molecule has 1 saturated heterocycles. The third-order valence-corrected chi connectivity index (χ3v) is 4.06. The highest BCUT2D eigenvalue weighted by atomic mass is 35.5. The van der Waals surface area contributed by atoms with Crippen LogP contribution in [0.1, 0.15) is 19.3 Å². The minimum absolute atomic E-state index is 0.308. The van der Waals surface area contributed by atoms with Gasteiger partial charge in [-0.15, -0.1) is 0 Å². The van der Waals surface area contributed by atoms with Crippen LogP contribution in [-0.4, -0.2) is 24.6 Å². The Morgan fingerprint density at radius 1 is 1.38 bits per heavy atom. The number of benzene rings is 1. The first-order valence-electron chi connectivity index (χ1n) is 6.54. The number of nitrogens with one attached hydrogen (secondary N) is 1. The lowest BCUT2D eigenvalue weighted by molar-refractivity contribution is -0.307. The number of ether oxygens (including phenoxy) is 1. The van der Waals surface area contributed by atoms with Crippen molar-refractivity contribution in [1.29, 1.82) is 0 Å². The molecule has 0 bridgehead atoms. The summed E-state index contributed by atoms with van der Waals surface area (Å²) in [7, 11) is 0. The van der Waals surface area contributed by atoms with E-state index in [1.807, 2.05) is 0 Å². The van der Waals surface area contributed by atoms with Crippen molar-refractivity contribution < 1.29 is 19.4 Å². The Labute approximate surface area is 132 Å². The summed E-state index contributed by atoms with van der Waals surface area (Å²) in [5, 5.41) is 14.2. The highest BCUT2D eigenvalue weighted by Gasteiger charge is 2.31. The molecule has 1 N–H and O–H groups in total. The number of carboxylic acid groups (broad SMARTS) is 1. The minimum atomic E-state index is -1.28.